The molecule has 0 aliphatic rings. The normalized spacial score (nSPS) is 10.5. The molecule has 3 aromatic rings. The number of nitrogens with one attached hydrogen (secondary N) is 1. The quantitative estimate of drug-likeness (QED) is 0.707. The first-order valence-corrected chi connectivity index (χ1v) is 8.52. The third-order valence-electron chi connectivity index (χ3n) is 3.83. The number of aryl methyl sites for hydroxylation is 2. The second-order valence-electron chi connectivity index (χ2n) is 5.93. The van der Waals surface area contributed by atoms with E-state index in [2.05, 4.69) is 15.5 Å². The summed E-state index contributed by atoms with van der Waals surface area (Å²) in [6.07, 6.45) is 0.685. The van der Waals surface area contributed by atoms with E-state index in [1.807, 2.05) is 50.2 Å². The zero-order valence-electron chi connectivity index (χ0n) is 14.9. The van der Waals surface area contributed by atoms with Gasteiger partial charge in [-0.3, -0.25) is 4.79 Å². The van der Waals surface area contributed by atoms with Crippen LogP contribution in [0, 0.1) is 6.92 Å². The minimum atomic E-state index is -0.179. The highest BCUT2D eigenvalue weighted by Gasteiger charge is 2.09. The second-order valence-corrected chi connectivity index (χ2v) is 5.93. The van der Waals surface area contributed by atoms with Crippen LogP contribution in [0.1, 0.15) is 23.9 Å². The first-order valence-electron chi connectivity index (χ1n) is 8.52. The second kappa shape index (κ2) is 8.29. The van der Waals surface area contributed by atoms with Crippen LogP contribution in [0.15, 0.2) is 52.9 Å². The molecule has 0 spiro atoms. The zero-order chi connectivity index (χ0) is 18.4. The van der Waals surface area contributed by atoms with Crippen molar-refractivity contribution in [3.05, 3.63) is 65.5 Å². The maximum Gasteiger partial charge on any atom is 0.258 e. The molecule has 1 aromatic heterocycles. The molecule has 0 aliphatic carbocycles. The third kappa shape index (κ3) is 4.69. The summed E-state index contributed by atoms with van der Waals surface area (Å²) in [6.45, 7) is 4.40. The zero-order valence-corrected chi connectivity index (χ0v) is 14.9. The number of carbonyl (C=O) groups excluding carboxylic acids is 1. The van der Waals surface area contributed by atoms with Crippen LogP contribution < -0.4 is 10.1 Å². The summed E-state index contributed by atoms with van der Waals surface area (Å²) in [5.41, 5.74) is 3.00. The molecule has 0 radical (unpaired) electrons. The van der Waals surface area contributed by atoms with Crippen LogP contribution in [-0.4, -0.2) is 22.7 Å². The lowest BCUT2D eigenvalue weighted by atomic mass is 10.1. The van der Waals surface area contributed by atoms with E-state index in [1.165, 1.54) is 5.56 Å². The fraction of sp³-hybridized carbons (Fsp3) is 0.250. The predicted octanol–water partition coefficient (Wildman–Crippen LogP) is 3.30. The van der Waals surface area contributed by atoms with Crippen molar-refractivity contribution < 1.29 is 13.9 Å². The molecule has 0 saturated heterocycles. The van der Waals surface area contributed by atoms with E-state index in [0.29, 0.717) is 30.5 Å². The Kier molecular flexibility index (Phi) is 5.63. The predicted molar refractivity (Wildman–Crippen MR) is 97.6 cm³/mol. The smallest absolute Gasteiger partial charge is 0.258 e. The van der Waals surface area contributed by atoms with Gasteiger partial charge in [0.1, 0.15) is 5.75 Å². The van der Waals surface area contributed by atoms with E-state index in [-0.39, 0.29) is 12.5 Å². The van der Waals surface area contributed by atoms with Crippen molar-refractivity contribution in [2.24, 2.45) is 0 Å². The summed E-state index contributed by atoms with van der Waals surface area (Å²) in [6, 6.07) is 15.3. The van der Waals surface area contributed by atoms with Crippen molar-refractivity contribution >= 4 is 5.91 Å². The largest absolute Gasteiger partial charge is 0.484 e. The monoisotopic (exact) mass is 351 g/mol. The first kappa shape index (κ1) is 17.7. The molecule has 134 valence electrons. The molecular weight excluding hydrogens is 330 g/mol. The molecule has 0 fully saturated rings. The van der Waals surface area contributed by atoms with Gasteiger partial charge in [0.2, 0.25) is 11.8 Å². The standard InChI is InChI=1S/C20H21N3O3/c1-3-19-22-23-20(26-19)16-5-4-6-17(11-16)25-13-18(24)21-12-15-9-7-14(2)8-10-15/h4-11H,3,12-13H2,1-2H3,(H,21,24). The molecule has 0 saturated carbocycles. The van der Waals surface area contributed by atoms with E-state index in [0.717, 1.165) is 11.1 Å². The summed E-state index contributed by atoms with van der Waals surface area (Å²) in [4.78, 5) is 12.0. The Morgan fingerprint density at radius 2 is 1.96 bits per heavy atom. The molecular formula is C20H21N3O3. The molecule has 0 aliphatic heterocycles. The summed E-state index contributed by atoms with van der Waals surface area (Å²) in [5, 5.41) is 10.8. The lowest BCUT2D eigenvalue weighted by molar-refractivity contribution is -0.123. The van der Waals surface area contributed by atoms with Gasteiger partial charge < -0.3 is 14.5 Å². The van der Waals surface area contributed by atoms with E-state index in [4.69, 9.17) is 9.15 Å². The molecule has 0 atom stereocenters. The SMILES string of the molecule is CCc1nnc(-c2cccc(OCC(=O)NCc3ccc(C)cc3)c2)o1. The van der Waals surface area contributed by atoms with Crippen LogP contribution in [0.3, 0.4) is 0 Å². The van der Waals surface area contributed by atoms with Gasteiger partial charge >= 0.3 is 0 Å². The summed E-state index contributed by atoms with van der Waals surface area (Å²) >= 11 is 0. The van der Waals surface area contributed by atoms with Crippen LogP contribution in [0.4, 0.5) is 0 Å². The molecule has 0 bridgehead atoms. The van der Waals surface area contributed by atoms with Crippen molar-refractivity contribution in [1.82, 2.24) is 15.5 Å². The van der Waals surface area contributed by atoms with Gasteiger partial charge in [-0.2, -0.15) is 0 Å². The Bertz CT molecular complexity index is 872. The highest BCUT2D eigenvalue weighted by atomic mass is 16.5. The Balaban J connectivity index is 1.53. The van der Waals surface area contributed by atoms with Gasteiger partial charge in [0.25, 0.3) is 5.91 Å². The number of hydrogen-bond acceptors (Lipinski definition) is 5. The Morgan fingerprint density at radius 3 is 2.69 bits per heavy atom. The van der Waals surface area contributed by atoms with E-state index < -0.39 is 0 Å². The van der Waals surface area contributed by atoms with Crippen LogP contribution >= 0.6 is 0 Å². The van der Waals surface area contributed by atoms with Crippen LogP contribution in [0.5, 0.6) is 5.75 Å². The maximum absolute atomic E-state index is 12.0. The van der Waals surface area contributed by atoms with Gasteiger partial charge in [-0.15, -0.1) is 10.2 Å². The van der Waals surface area contributed by atoms with E-state index >= 15 is 0 Å². The number of benzene rings is 2. The summed E-state index contributed by atoms with van der Waals surface area (Å²) in [5.74, 6) is 1.42. The molecule has 0 unspecified atom stereocenters. The van der Waals surface area contributed by atoms with Crippen molar-refractivity contribution in [2.45, 2.75) is 26.8 Å². The molecule has 1 heterocycles. The van der Waals surface area contributed by atoms with Gasteiger partial charge in [0, 0.05) is 18.5 Å². The van der Waals surface area contributed by atoms with Gasteiger partial charge in [0.05, 0.1) is 0 Å². The number of carbonyl (C=O) groups is 1. The van der Waals surface area contributed by atoms with E-state index in [1.54, 1.807) is 12.1 Å². The minimum absolute atomic E-state index is 0.0562. The average molecular weight is 351 g/mol. The van der Waals surface area contributed by atoms with Gasteiger partial charge in [-0.05, 0) is 30.7 Å². The number of amides is 1. The third-order valence-corrected chi connectivity index (χ3v) is 3.83. The fourth-order valence-electron chi connectivity index (χ4n) is 2.34. The van der Waals surface area contributed by atoms with Crippen molar-refractivity contribution in [2.75, 3.05) is 6.61 Å². The van der Waals surface area contributed by atoms with Gasteiger partial charge in [0.15, 0.2) is 6.61 Å². The lowest BCUT2D eigenvalue weighted by Gasteiger charge is -2.08. The Hall–Kier alpha value is -3.15. The highest BCUT2D eigenvalue weighted by Crippen LogP contribution is 2.22. The number of rotatable bonds is 7. The summed E-state index contributed by atoms with van der Waals surface area (Å²) < 4.78 is 11.1. The highest BCUT2D eigenvalue weighted by molar-refractivity contribution is 5.77. The average Bonchev–Trinajstić information content (AvgIpc) is 3.15. The number of nitrogens with zero attached hydrogens (tertiary/aromatic N) is 2. The maximum atomic E-state index is 12.0. The molecule has 6 nitrogen and oxygen atoms in total. The van der Waals surface area contributed by atoms with Crippen molar-refractivity contribution in [3.8, 4) is 17.2 Å². The van der Waals surface area contributed by atoms with Crippen molar-refractivity contribution in [3.63, 3.8) is 0 Å². The molecule has 1 amide bonds. The van der Waals surface area contributed by atoms with Gasteiger partial charge in [-0.1, -0.05) is 42.8 Å². The van der Waals surface area contributed by atoms with Crippen LogP contribution in [0.2, 0.25) is 0 Å². The van der Waals surface area contributed by atoms with E-state index in [9.17, 15) is 4.79 Å². The number of hydrogen-bond donors (Lipinski definition) is 1. The first-order chi connectivity index (χ1) is 12.6. The Morgan fingerprint density at radius 1 is 1.15 bits per heavy atom. The number of aromatic nitrogens is 2. The summed E-state index contributed by atoms with van der Waals surface area (Å²) in [7, 11) is 0. The van der Waals surface area contributed by atoms with Crippen LogP contribution in [0.25, 0.3) is 11.5 Å². The Labute approximate surface area is 152 Å². The molecule has 26 heavy (non-hydrogen) atoms. The lowest BCUT2D eigenvalue weighted by Crippen LogP contribution is -2.28. The number of ether oxygens (including phenoxy) is 1. The molecule has 3 rings (SSSR count). The van der Waals surface area contributed by atoms with Gasteiger partial charge in [-0.25, -0.2) is 0 Å². The topological polar surface area (TPSA) is 77.2 Å². The van der Waals surface area contributed by atoms with Crippen molar-refractivity contribution in [1.29, 1.82) is 0 Å². The fourth-order valence-corrected chi connectivity index (χ4v) is 2.34. The molecule has 6 heteroatoms. The molecule has 1 N–H and O–H groups in total. The van der Waals surface area contributed by atoms with Crippen LogP contribution in [-0.2, 0) is 17.8 Å². The minimum Gasteiger partial charge on any atom is -0.484 e. The molecule has 2 aromatic carbocycles.